The van der Waals surface area contributed by atoms with Gasteiger partial charge in [-0.3, -0.25) is 0 Å². The summed E-state index contributed by atoms with van der Waals surface area (Å²) >= 11 is 0. The van der Waals surface area contributed by atoms with E-state index in [9.17, 15) is 0 Å². The molecular formula is C42H26. The summed E-state index contributed by atoms with van der Waals surface area (Å²) in [6.07, 6.45) is 0. The molecule has 10 aromatic carbocycles. The Hall–Kier alpha value is -5.46. The third-order valence-corrected chi connectivity index (χ3v) is 8.96. The van der Waals surface area contributed by atoms with Gasteiger partial charge in [0.2, 0.25) is 0 Å². The average Bonchev–Trinajstić information content (AvgIpc) is 3.05. The highest BCUT2D eigenvalue weighted by Crippen LogP contribution is 2.39. The van der Waals surface area contributed by atoms with E-state index >= 15 is 0 Å². The second kappa shape index (κ2) is 9.03. The van der Waals surface area contributed by atoms with Gasteiger partial charge < -0.3 is 0 Å². The largest absolute Gasteiger partial charge is 0.0616 e. The maximum atomic E-state index is 2.32. The first-order valence-corrected chi connectivity index (χ1v) is 14.6. The zero-order chi connectivity index (χ0) is 27.6. The van der Waals surface area contributed by atoms with Crippen molar-refractivity contribution in [3.8, 4) is 0 Å². The Morgan fingerprint density at radius 1 is 0.190 bits per heavy atom. The van der Waals surface area contributed by atoms with Crippen molar-refractivity contribution in [1.82, 2.24) is 0 Å². The molecule has 0 atom stereocenters. The standard InChI is InChI=1S/C22H14.C20H12/c1-3-7-17-13-21-19(11-15(17)5-1)9-10-20-12-16-6-2-4-8-18(16)14-22(20)21;1-5-13-6-2-11-17-18-12-4-8-14-7-3-10-16(20(14)18)15(9-1)19(13)17/h1-14H;1-12H. The molecular weight excluding hydrogens is 504 g/mol. The summed E-state index contributed by atoms with van der Waals surface area (Å²) in [6, 6.07) is 57.3. The molecule has 0 bridgehead atoms. The first-order valence-electron chi connectivity index (χ1n) is 14.6. The van der Waals surface area contributed by atoms with Crippen LogP contribution < -0.4 is 0 Å². The Balaban J connectivity index is 0.000000120. The van der Waals surface area contributed by atoms with Crippen molar-refractivity contribution < 1.29 is 0 Å². The van der Waals surface area contributed by atoms with E-state index in [1.807, 2.05) is 0 Å². The van der Waals surface area contributed by atoms with E-state index in [2.05, 4.69) is 158 Å². The summed E-state index contributed by atoms with van der Waals surface area (Å²) in [4.78, 5) is 0. The van der Waals surface area contributed by atoms with Gasteiger partial charge in [-0.25, -0.2) is 0 Å². The van der Waals surface area contributed by atoms with E-state index < -0.39 is 0 Å². The Bertz CT molecular complexity index is 2360. The fourth-order valence-electron chi connectivity index (χ4n) is 7.02. The fraction of sp³-hybridized carbons (Fsp3) is 0. The fourth-order valence-corrected chi connectivity index (χ4v) is 7.02. The SMILES string of the molecule is c1cc2cccc3c4cccc5cccc(c(c1)c23)c54.c1ccc2cc3c(ccc4cc5ccccc5cc43)cc2c1. The molecule has 10 rings (SSSR count). The molecule has 0 heterocycles. The van der Waals surface area contributed by atoms with Crippen LogP contribution in [-0.2, 0) is 0 Å². The van der Waals surface area contributed by atoms with Crippen LogP contribution in [0.5, 0.6) is 0 Å². The molecule has 0 unspecified atom stereocenters. The first-order chi connectivity index (χ1) is 20.8. The maximum Gasteiger partial charge on any atom is -0.00264 e. The van der Waals surface area contributed by atoms with Crippen molar-refractivity contribution in [1.29, 1.82) is 0 Å². The van der Waals surface area contributed by atoms with Crippen molar-refractivity contribution in [2.75, 3.05) is 0 Å². The quantitative estimate of drug-likeness (QED) is 0.135. The first kappa shape index (κ1) is 23.3. The lowest BCUT2D eigenvalue weighted by Gasteiger charge is -2.13. The minimum absolute atomic E-state index is 1.30. The summed E-state index contributed by atoms with van der Waals surface area (Å²) in [6.45, 7) is 0. The smallest absolute Gasteiger partial charge is 0.00264 e. The van der Waals surface area contributed by atoms with Gasteiger partial charge in [0.15, 0.2) is 0 Å². The molecule has 42 heavy (non-hydrogen) atoms. The highest BCUT2D eigenvalue weighted by atomic mass is 14.1. The predicted octanol–water partition coefficient (Wildman–Crippen LogP) is 12.0. The Kier molecular flexibility index (Phi) is 5.00. The van der Waals surface area contributed by atoms with Crippen LogP contribution in [0, 0.1) is 0 Å². The van der Waals surface area contributed by atoms with E-state index in [4.69, 9.17) is 0 Å². The molecule has 0 N–H and O–H groups in total. The zero-order valence-electron chi connectivity index (χ0n) is 23.0. The second-order valence-electron chi connectivity index (χ2n) is 11.3. The van der Waals surface area contributed by atoms with E-state index in [0.717, 1.165) is 0 Å². The van der Waals surface area contributed by atoms with Gasteiger partial charge in [-0.2, -0.15) is 0 Å². The molecule has 0 aliphatic rings. The molecule has 0 spiro atoms. The third-order valence-electron chi connectivity index (χ3n) is 8.96. The normalized spacial score (nSPS) is 11.8. The number of fused-ring (bicyclic) bond motifs is 7. The Morgan fingerprint density at radius 2 is 0.500 bits per heavy atom. The van der Waals surface area contributed by atoms with Crippen molar-refractivity contribution >= 4 is 86.2 Å². The van der Waals surface area contributed by atoms with E-state index in [1.54, 1.807) is 0 Å². The molecule has 0 fully saturated rings. The molecule has 0 aliphatic carbocycles. The lowest BCUT2D eigenvalue weighted by molar-refractivity contribution is 1.78. The van der Waals surface area contributed by atoms with Crippen LogP contribution in [0.3, 0.4) is 0 Å². The maximum absolute atomic E-state index is 2.32. The van der Waals surface area contributed by atoms with E-state index in [0.29, 0.717) is 0 Å². The molecule has 0 heteroatoms. The molecule has 0 amide bonds. The summed E-state index contributed by atoms with van der Waals surface area (Å²) in [5.41, 5.74) is 0. The number of rotatable bonds is 0. The minimum atomic E-state index is 1.30. The monoisotopic (exact) mass is 530 g/mol. The van der Waals surface area contributed by atoms with Crippen LogP contribution in [0.15, 0.2) is 158 Å². The van der Waals surface area contributed by atoms with E-state index in [1.165, 1.54) is 86.2 Å². The van der Waals surface area contributed by atoms with Gasteiger partial charge in [-0.1, -0.05) is 133 Å². The van der Waals surface area contributed by atoms with Gasteiger partial charge in [-0.05, 0) is 110 Å². The van der Waals surface area contributed by atoms with Crippen LogP contribution in [0.25, 0.3) is 86.2 Å². The molecule has 0 saturated heterocycles. The summed E-state index contributed by atoms with van der Waals surface area (Å²) in [7, 11) is 0. The average molecular weight is 531 g/mol. The molecule has 10 aromatic rings. The Labute approximate surface area is 243 Å². The summed E-state index contributed by atoms with van der Waals surface area (Å²) < 4.78 is 0. The number of hydrogen-bond donors (Lipinski definition) is 0. The van der Waals surface area contributed by atoms with Gasteiger partial charge in [-0.15, -0.1) is 0 Å². The van der Waals surface area contributed by atoms with E-state index in [-0.39, 0.29) is 0 Å². The second-order valence-corrected chi connectivity index (χ2v) is 11.3. The molecule has 194 valence electrons. The zero-order valence-corrected chi connectivity index (χ0v) is 23.0. The van der Waals surface area contributed by atoms with Crippen LogP contribution >= 0.6 is 0 Å². The Morgan fingerprint density at radius 3 is 0.857 bits per heavy atom. The molecule has 0 radical (unpaired) electrons. The van der Waals surface area contributed by atoms with Crippen LogP contribution in [0.4, 0.5) is 0 Å². The van der Waals surface area contributed by atoms with Crippen molar-refractivity contribution in [2.45, 2.75) is 0 Å². The third kappa shape index (κ3) is 3.49. The minimum Gasteiger partial charge on any atom is -0.0616 e. The van der Waals surface area contributed by atoms with Gasteiger partial charge in [0.1, 0.15) is 0 Å². The lowest BCUT2D eigenvalue weighted by atomic mass is 9.90. The van der Waals surface area contributed by atoms with Crippen LogP contribution in [-0.4, -0.2) is 0 Å². The molecule has 0 aliphatic heterocycles. The molecule has 0 nitrogen and oxygen atoms in total. The van der Waals surface area contributed by atoms with Gasteiger partial charge in [0.05, 0.1) is 0 Å². The number of hydrogen-bond acceptors (Lipinski definition) is 0. The van der Waals surface area contributed by atoms with Gasteiger partial charge in [0.25, 0.3) is 0 Å². The van der Waals surface area contributed by atoms with Crippen molar-refractivity contribution in [3.63, 3.8) is 0 Å². The highest BCUT2D eigenvalue weighted by Gasteiger charge is 2.11. The van der Waals surface area contributed by atoms with Crippen molar-refractivity contribution in [3.05, 3.63) is 158 Å². The molecule has 0 aromatic heterocycles. The van der Waals surface area contributed by atoms with Gasteiger partial charge in [0, 0.05) is 0 Å². The summed E-state index contributed by atoms with van der Waals surface area (Å²) in [5.74, 6) is 0. The lowest BCUT2D eigenvalue weighted by Crippen LogP contribution is -1.85. The predicted molar refractivity (Wildman–Crippen MR) is 184 cm³/mol. The van der Waals surface area contributed by atoms with Crippen molar-refractivity contribution in [2.24, 2.45) is 0 Å². The molecule has 0 saturated carbocycles. The summed E-state index contributed by atoms with van der Waals surface area (Å²) in [5, 5.41) is 21.4. The van der Waals surface area contributed by atoms with Gasteiger partial charge >= 0.3 is 0 Å². The van der Waals surface area contributed by atoms with Crippen LogP contribution in [0.2, 0.25) is 0 Å². The number of benzene rings is 10. The highest BCUT2D eigenvalue weighted by molar-refractivity contribution is 6.32. The topological polar surface area (TPSA) is 0 Å². The van der Waals surface area contributed by atoms with Crippen LogP contribution in [0.1, 0.15) is 0 Å².